The van der Waals surface area contributed by atoms with Crippen LogP contribution in [0.5, 0.6) is 0 Å². The maximum Gasteiger partial charge on any atom is 0.276 e. The van der Waals surface area contributed by atoms with Crippen LogP contribution in [0.25, 0.3) is 22.3 Å². The van der Waals surface area contributed by atoms with Gasteiger partial charge in [0.1, 0.15) is 5.92 Å². The zero-order valence-electron chi connectivity index (χ0n) is 21.3. The van der Waals surface area contributed by atoms with Gasteiger partial charge in [0.15, 0.2) is 0 Å². The van der Waals surface area contributed by atoms with E-state index in [9.17, 15) is 9.59 Å². The molecule has 1 unspecified atom stereocenters. The number of carbonyl (C=O) groups excluding carboxylic acids is 2. The fourth-order valence-electron chi connectivity index (χ4n) is 4.64. The monoisotopic (exact) mass is 533 g/mol. The molecule has 1 fully saturated rings. The van der Waals surface area contributed by atoms with Gasteiger partial charge in [-0.05, 0) is 44.5 Å². The van der Waals surface area contributed by atoms with E-state index in [4.69, 9.17) is 9.78 Å². The normalized spacial score (nSPS) is 16.8. The third-order valence-corrected chi connectivity index (χ3v) is 6.69. The number of aromatic nitrogens is 4. The zero-order chi connectivity index (χ0) is 27.7. The molecule has 1 atom stereocenters. The number of alkyl halides is 2. The molecular weight excluding hydrogens is 508 g/mol. The van der Waals surface area contributed by atoms with Crippen LogP contribution >= 0.6 is 0 Å². The van der Waals surface area contributed by atoms with Crippen molar-refractivity contribution in [3.8, 4) is 17.5 Å². The Hall–Kier alpha value is -4.66. The van der Waals surface area contributed by atoms with Gasteiger partial charge in [-0.25, -0.2) is 8.78 Å². The Morgan fingerprint density at radius 3 is 2.82 bits per heavy atom. The molecule has 1 aliphatic rings. The first-order chi connectivity index (χ1) is 18.7. The van der Waals surface area contributed by atoms with E-state index in [1.54, 1.807) is 24.4 Å². The minimum Gasteiger partial charge on any atom is -0.343 e. The molecule has 0 spiro atoms. The molecular formula is C27H25F2N7O3. The number of carbonyl (C=O) groups is 2. The number of rotatable bonds is 6. The Kier molecular flexibility index (Phi) is 6.82. The fourth-order valence-corrected chi connectivity index (χ4v) is 4.64. The van der Waals surface area contributed by atoms with Crippen molar-refractivity contribution in [3.63, 3.8) is 0 Å². The Balaban J connectivity index is 1.24. The van der Waals surface area contributed by atoms with Crippen molar-refractivity contribution in [3.05, 3.63) is 65.7 Å². The van der Waals surface area contributed by atoms with Gasteiger partial charge in [0.2, 0.25) is 17.6 Å². The Morgan fingerprint density at radius 1 is 1.26 bits per heavy atom. The van der Waals surface area contributed by atoms with Gasteiger partial charge >= 0.3 is 0 Å². The lowest BCUT2D eigenvalue weighted by molar-refractivity contribution is -0.144. The van der Waals surface area contributed by atoms with Crippen LogP contribution in [-0.2, 0) is 4.79 Å². The topological polar surface area (TPSA) is 130 Å². The average Bonchev–Trinajstić information content (AvgIpc) is 3.58. The molecule has 1 saturated heterocycles. The van der Waals surface area contributed by atoms with E-state index in [0.717, 1.165) is 15.8 Å². The molecule has 2 aromatic carbocycles. The number of likely N-dealkylation sites (tertiary alicyclic amines) is 1. The number of nitriles is 1. The number of amides is 2. The second-order valence-corrected chi connectivity index (χ2v) is 9.71. The highest BCUT2D eigenvalue weighted by atomic mass is 19.3. The largest absolute Gasteiger partial charge is 0.343 e. The third-order valence-electron chi connectivity index (χ3n) is 6.69. The molecule has 200 valence electrons. The number of halogens is 2. The minimum atomic E-state index is -3.32. The predicted octanol–water partition coefficient (Wildman–Crippen LogP) is 3.92. The summed E-state index contributed by atoms with van der Waals surface area (Å²) in [5.41, 5.74) is 1.98. The molecule has 12 heteroatoms. The van der Waals surface area contributed by atoms with E-state index in [1.165, 1.54) is 12.1 Å². The van der Waals surface area contributed by atoms with Gasteiger partial charge in [-0.3, -0.25) is 14.3 Å². The average molecular weight is 534 g/mol. The number of benzene rings is 2. The lowest BCUT2D eigenvalue weighted by Crippen LogP contribution is -2.52. The zero-order valence-corrected chi connectivity index (χ0v) is 21.3. The first-order valence-corrected chi connectivity index (χ1v) is 12.4. The van der Waals surface area contributed by atoms with Gasteiger partial charge in [0.05, 0.1) is 36.4 Å². The maximum absolute atomic E-state index is 15.2. The van der Waals surface area contributed by atoms with Crippen molar-refractivity contribution in [2.75, 3.05) is 19.6 Å². The lowest BCUT2D eigenvalue weighted by Gasteiger charge is -2.36. The molecule has 4 aromatic rings. The van der Waals surface area contributed by atoms with Crippen molar-refractivity contribution in [2.24, 2.45) is 0 Å². The van der Waals surface area contributed by atoms with Gasteiger partial charge in [-0.15, -0.1) is 0 Å². The van der Waals surface area contributed by atoms with E-state index in [2.05, 4.69) is 20.6 Å². The molecule has 0 aliphatic carbocycles. The first kappa shape index (κ1) is 26.0. The van der Waals surface area contributed by atoms with E-state index in [0.29, 0.717) is 11.1 Å². The molecule has 0 radical (unpaired) electrons. The SMILES string of the molecule is CC(C)n1ncc2ccc(-c3noc(C4CCN(C(=O)CNC(=O)c5cccc(C#N)c5)CC4(F)F)n3)cc21. The minimum absolute atomic E-state index is 0.0378. The molecule has 2 aromatic heterocycles. The highest BCUT2D eigenvalue weighted by molar-refractivity contribution is 5.96. The smallest absolute Gasteiger partial charge is 0.276 e. The predicted molar refractivity (Wildman–Crippen MR) is 136 cm³/mol. The summed E-state index contributed by atoms with van der Waals surface area (Å²) < 4.78 is 37.5. The van der Waals surface area contributed by atoms with Crippen LogP contribution < -0.4 is 5.32 Å². The van der Waals surface area contributed by atoms with Crippen LogP contribution in [0.4, 0.5) is 8.78 Å². The van der Waals surface area contributed by atoms with Crippen LogP contribution in [0.15, 0.2) is 53.2 Å². The Labute approximate surface area is 222 Å². The van der Waals surface area contributed by atoms with E-state index >= 15 is 8.78 Å². The van der Waals surface area contributed by atoms with Gasteiger partial charge in [0.25, 0.3) is 11.8 Å². The van der Waals surface area contributed by atoms with Crippen molar-refractivity contribution in [2.45, 2.75) is 38.2 Å². The highest BCUT2D eigenvalue weighted by Crippen LogP contribution is 2.40. The molecule has 10 nitrogen and oxygen atoms in total. The summed E-state index contributed by atoms with van der Waals surface area (Å²) >= 11 is 0. The Morgan fingerprint density at radius 2 is 2.08 bits per heavy atom. The van der Waals surface area contributed by atoms with Crippen LogP contribution in [0.2, 0.25) is 0 Å². The van der Waals surface area contributed by atoms with Crippen LogP contribution in [-0.4, -0.2) is 62.2 Å². The number of nitrogens with one attached hydrogen (secondary N) is 1. The molecule has 1 N–H and O–H groups in total. The number of piperidine rings is 1. The lowest BCUT2D eigenvalue weighted by atomic mass is 9.92. The summed E-state index contributed by atoms with van der Waals surface area (Å²) in [5, 5.41) is 20.7. The van der Waals surface area contributed by atoms with Gasteiger partial charge in [-0.2, -0.15) is 15.3 Å². The molecule has 39 heavy (non-hydrogen) atoms. The van der Waals surface area contributed by atoms with Crippen LogP contribution in [0.1, 0.15) is 54.0 Å². The van der Waals surface area contributed by atoms with E-state index < -0.39 is 36.7 Å². The number of nitrogens with zero attached hydrogens (tertiary/aromatic N) is 6. The highest BCUT2D eigenvalue weighted by Gasteiger charge is 2.49. The van der Waals surface area contributed by atoms with Crippen LogP contribution in [0.3, 0.4) is 0 Å². The number of hydrogen-bond acceptors (Lipinski definition) is 7. The number of fused-ring (bicyclic) bond motifs is 1. The second-order valence-electron chi connectivity index (χ2n) is 9.71. The summed E-state index contributed by atoms with van der Waals surface area (Å²) in [6, 6.07) is 13.5. The molecule has 0 saturated carbocycles. The molecule has 5 rings (SSSR count). The van der Waals surface area contributed by atoms with E-state index in [1.807, 2.05) is 36.7 Å². The van der Waals surface area contributed by atoms with Crippen molar-refractivity contribution in [1.82, 2.24) is 30.1 Å². The van der Waals surface area contributed by atoms with Crippen molar-refractivity contribution < 1.29 is 22.9 Å². The quantitative estimate of drug-likeness (QED) is 0.398. The molecule has 2 amide bonds. The summed E-state index contributed by atoms with van der Waals surface area (Å²) in [7, 11) is 0. The second kappa shape index (κ2) is 10.2. The summed E-state index contributed by atoms with van der Waals surface area (Å²) in [6.07, 6.45) is 1.67. The van der Waals surface area contributed by atoms with Crippen molar-refractivity contribution in [1.29, 1.82) is 5.26 Å². The summed E-state index contributed by atoms with van der Waals surface area (Å²) in [6.45, 7) is 2.76. The number of hydrogen-bond donors (Lipinski definition) is 1. The van der Waals surface area contributed by atoms with Gasteiger partial charge < -0.3 is 14.7 Å². The van der Waals surface area contributed by atoms with Gasteiger partial charge in [0, 0.05) is 29.1 Å². The first-order valence-electron chi connectivity index (χ1n) is 12.4. The molecule has 0 bridgehead atoms. The van der Waals surface area contributed by atoms with Gasteiger partial charge in [-0.1, -0.05) is 23.4 Å². The summed E-state index contributed by atoms with van der Waals surface area (Å²) in [5.74, 6) is -5.88. The molecule has 1 aliphatic heterocycles. The molecule has 3 heterocycles. The van der Waals surface area contributed by atoms with Crippen molar-refractivity contribution >= 4 is 22.7 Å². The summed E-state index contributed by atoms with van der Waals surface area (Å²) in [4.78, 5) is 30.2. The fraction of sp³-hybridized carbons (Fsp3) is 0.333. The van der Waals surface area contributed by atoms with Crippen LogP contribution in [0, 0.1) is 11.3 Å². The maximum atomic E-state index is 15.2. The Bertz CT molecular complexity index is 1590. The standard InChI is InChI=1S/C27H25F2N7O3/c1-16(2)36-22-11-18(6-7-20(22)13-32-36)24-33-26(39-34-24)21-8-9-35(15-27(21,28)29)23(37)14-31-25(38)19-5-3-4-17(10-19)12-30/h3-7,10-11,13,16,21H,8-9,14-15H2,1-2H3,(H,31,38). The van der Waals surface area contributed by atoms with E-state index in [-0.39, 0.29) is 36.3 Å². The third kappa shape index (κ3) is 5.20.